The summed E-state index contributed by atoms with van der Waals surface area (Å²) in [4.78, 5) is 14.9. The second-order valence-electron chi connectivity index (χ2n) is 11.3. The molecule has 0 spiro atoms. The summed E-state index contributed by atoms with van der Waals surface area (Å²) in [5.74, 6) is -1.95. The van der Waals surface area contributed by atoms with E-state index in [1.807, 2.05) is 60.7 Å². The second kappa shape index (κ2) is 13.4. The molecule has 0 saturated carbocycles. The number of amides is 1. The molecule has 5 rings (SSSR count). The van der Waals surface area contributed by atoms with Crippen molar-refractivity contribution in [3.05, 3.63) is 142 Å². The Labute approximate surface area is 264 Å². The monoisotopic (exact) mass is 665 g/mol. The fourth-order valence-corrected chi connectivity index (χ4v) is 5.93. The smallest absolute Gasteiger partial charge is 0.373 e. The number of rotatable bonds is 7. The van der Waals surface area contributed by atoms with Gasteiger partial charge in [0.1, 0.15) is 0 Å². The van der Waals surface area contributed by atoms with Crippen LogP contribution in [0.15, 0.2) is 103 Å². The Morgan fingerprint density at radius 3 is 1.64 bits per heavy atom. The number of piperidine rings is 1. The number of hydrogen-bond acceptors (Lipinski definition) is 2. The highest BCUT2D eigenvalue weighted by Gasteiger charge is 2.41. The first-order chi connectivity index (χ1) is 22.1. The molecule has 2 atom stereocenters. The van der Waals surface area contributed by atoms with Crippen LogP contribution >= 0.6 is 0 Å². The SMILES string of the molecule is O=C(c1cc(C(F)(F)F)cc(C(F)(F)F)c1)N1CC[C@@H](OCc2ccc(C(F)(F)F)cc2)[C@@H](C(c2ccccc2)c2ccccc2)C1. The molecule has 1 fully saturated rings. The zero-order valence-corrected chi connectivity index (χ0v) is 24.5. The Bertz CT molecular complexity index is 1580. The number of halogens is 9. The van der Waals surface area contributed by atoms with Gasteiger partial charge < -0.3 is 9.64 Å². The van der Waals surface area contributed by atoms with Crippen LogP contribution in [0.2, 0.25) is 0 Å². The molecule has 4 aromatic rings. The fraction of sp³-hybridized carbons (Fsp3) is 0.286. The molecule has 0 aliphatic carbocycles. The van der Waals surface area contributed by atoms with E-state index >= 15 is 0 Å². The van der Waals surface area contributed by atoms with Crippen molar-refractivity contribution in [3.8, 4) is 0 Å². The summed E-state index contributed by atoms with van der Waals surface area (Å²) in [7, 11) is 0. The number of nitrogens with zero attached hydrogens (tertiary/aromatic N) is 1. The van der Waals surface area contributed by atoms with E-state index < -0.39 is 64.6 Å². The molecular weight excluding hydrogens is 637 g/mol. The molecule has 0 bridgehead atoms. The molecule has 4 aromatic carbocycles. The summed E-state index contributed by atoms with van der Waals surface area (Å²) in [6, 6.07) is 23.7. The first kappa shape index (κ1) is 34.0. The Balaban J connectivity index is 1.50. The highest BCUT2D eigenvalue weighted by molar-refractivity contribution is 5.94. The predicted molar refractivity (Wildman–Crippen MR) is 155 cm³/mol. The van der Waals surface area contributed by atoms with Gasteiger partial charge in [-0.25, -0.2) is 0 Å². The van der Waals surface area contributed by atoms with E-state index in [1.165, 1.54) is 17.0 Å². The van der Waals surface area contributed by atoms with Crippen molar-refractivity contribution >= 4 is 5.91 Å². The van der Waals surface area contributed by atoms with Crippen molar-refractivity contribution in [3.63, 3.8) is 0 Å². The summed E-state index contributed by atoms with van der Waals surface area (Å²) >= 11 is 0. The molecular formula is C35H28F9NO2. The molecule has 0 N–H and O–H groups in total. The third-order valence-corrected chi connectivity index (χ3v) is 8.20. The van der Waals surface area contributed by atoms with E-state index in [0.717, 1.165) is 23.3 Å². The second-order valence-corrected chi connectivity index (χ2v) is 11.3. The maximum Gasteiger partial charge on any atom is 0.416 e. The first-order valence-electron chi connectivity index (χ1n) is 14.6. The minimum absolute atomic E-state index is 0.0260. The lowest BCUT2D eigenvalue weighted by Crippen LogP contribution is -2.49. The maximum absolute atomic E-state index is 13.7. The van der Waals surface area contributed by atoms with Crippen LogP contribution in [0.25, 0.3) is 0 Å². The first-order valence-corrected chi connectivity index (χ1v) is 14.6. The summed E-state index contributed by atoms with van der Waals surface area (Å²) in [6.07, 6.45) is -15.2. The van der Waals surface area contributed by atoms with Gasteiger partial charge in [0.25, 0.3) is 5.91 Å². The summed E-state index contributed by atoms with van der Waals surface area (Å²) in [5.41, 5.74) is -2.61. The fourth-order valence-electron chi connectivity index (χ4n) is 5.93. The topological polar surface area (TPSA) is 29.5 Å². The van der Waals surface area contributed by atoms with Gasteiger partial charge in [-0.3, -0.25) is 4.79 Å². The standard InChI is InChI=1S/C35H28F9NO2/c36-33(37,38)26-13-11-22(12-14-26)21-47-30-15-16-45(32(46)25-17-27(34(39,40)41)19-28(18-25)35(42,43)44)20-29(30)31(23-7-3-1-4-8-23)24-9-5-2-6-10-24/h1-14,17-19,29-31H,15-16,20-21H2/t29-,30+/m0/s1. The van der Waals surface area contributed by atoms with Gasteiger partial charge in [0.15, 0.2) is 0 Å². The lowest BCUT2D eigenvalue weighted by Gasteiger charge is -2.42. The van der Waals surface area contributed by atoms with Gasteiger partial charge in [-0.2, -0.15) is 39.5 Å². The highest BCUT2D eigenvalue weighted by atomic mass is 19.4. The van der Waals surface area contributed by atoms with Crippen molar-refractivity contribution in [1.82, 2.24) is 4.90 Å². The van der Waals surface area contributed by atoms with Crippen LogP contribution in [0.5, 0.6) is 0 Å². The molecule has 47 heavy (non-hydrogen) atoms. The molecule has 1 aliphatic heterocycles. The van der Waals surface area contributed by atoms with Gasteiger partial charge in [0.2, 0.25) is 0 Å². The van der Waals surface area contributed by atoms with E-state index in [0.29, 0.717) is 17.7 Å². The normalized spacial score (nSPS) is 17.6. The Morgan fingerprint density at radius 1 is 0.681 bits per heavy atom. The molecule has 0 unspecified atom stereocenters. The minimum atomic E-state index is -5.12. The average Bonchev–Trinajstić information content (AvgIpc) is 3.03. The molecule has 248 valence electrons. The van der Waals surface area contributed by atoms with E-state index in [4.69, 9.17) is 4.74 Å². The Hall–Kier alpha value is -4.32. The van der Waals surface area contributed by atoms with Crippen molar-refractivity contribution in [1.29, 1.82) is 0 Å². The van der Waals surface area contributed by atoms with Gasteiger partial charge in [0, 0.05) is 30.5 Å². The summed E-state index contributed by atoms with van der Waals surface area (Å²) < 4.78 is 127. The number of alkyl halides is 9. The van der Waals surface area contributed by atoms with E-state index in [2.05, 4.69) is 0 Å². The Morgan fingerprint density at radius 2 is 1.17 bits per heavy atom. The van der Waals surface area contributed by atoms with Gasteiger partial charge in [-0.1, -0.05) is 72.8 Å². The van der Waals surface area contributed by atoms with Gasteiger partial charge in [-0.15, -0.1) is 0 Å². The van der Waals surface area contributed by atoms with E-state index in [-0.39, 0.29) is 32.2 Å². The van der Waals surface area contributed by atoms with Crippen LogP contribution in [0, 0.1) is 5.92 Å². The summed E-state index contributed by atoms with van der Waals surface area (Å²) in [5, 5.41) is 0. The minimum Gasteiger partial charge on any atom is -0.373 e. The van der Waals surface area contributed by atoms with Crippen LogP contribution in [-0.2, 0) is 29.9 Å². The van der Waals surface area contributed by atoms with Crippen molar-refractivity contribution < 1.29 is 49.0 Å². The van der Waals surface area contributed by atoms with Gasteiger partial charge in [0.05, 0.1) is 29.4 Å². The van der Waals surface area contributed by atoms with Crippen LogP contribution in [0.1, 0.15) is 56.1 Å². The molecule has 1 aliphatic rings. The molecule has 1 heterocycles. The molecule has 1 saturated heterocycles. The molecule has 0 radical (unpaired) electrons. The number of carbonyl (C=O) groups is 1. The number of ether oxygens (including phenoxy) is 1. The van der Waals surface area contributed by atoms with Crippen molar-refractivity contribution in [2.75, 3.05) is 13.1 Å². The number of carbonyl (C=O) groups excluding carboxylic acids is 1. The van der Waals surface area contributed by atoms with Crippen LogP contribution in [-0.4, -0.2) is 30.0 Å². The molecule has 1 amide bonds. The van der Waals surface area contributed by atoms with Crippen LogP contribution in [0.3, 0.4) is 0 Å². The third-order valence-electron chi connectivity index (χ3n) is 8.20. The van der Waals surface area contributed by atoms with Gasteiger partial charge in [-0.05, 0) is 53.4 Å². The lowest BCUT2D eigenvalue weighted by atomic mass is 9.75. The highest BCUT2D eigenvalue weighted by Crippen LogP contribution is 2.41. The van der Waals surface area contributed by atoms with Crippen LogP contribution < -0.4 is 0 Å². The lowest BCUT2D eigenvalue weighted by molar-refractivity contribution is -0.143. The third kappa shape index (κ3) is 8.16. The van der Waals surface area contributed by atoms with Crippen molar-refractivity contribution in [2.45, 2.75) is 43.6 Å². The molecule has 0 aromatic heterocycles. The number of likely N-dealkylation sites (tertiary alicyclic amines) is 1. The average molecular weight is 666 g/mol. The quantitative estimate of drug-likeness (QED) is 0.184. The van der Waals surface area contributed by atoms with E-state index in [9.17, 15) is 44.3 Å². The Kier molecular flexibility index (Phi) is 9.72. The summed E-state index contributed by atoms with van der Waals surface area (Å²) in [6.45, 7) is -0.185. The molecule has 12 heteroatoms. The van der Waals surface area contributed by atoms with Crippen LogP contribution in [0.4, 0.5) is 39.5 Å². The largest absolute Gasteiger partial charge is 0.416 e. The molecule has 3 nitrogen and oxygen atoms in total. The maximum atomic E-state index is 13.7. The van der Waals surface area contributed by atoms with Crippen molar-refractivity contribution in [2.24, 2.45) is 5.92 Å². The zero-order chi connectivity index (χ0) is 34.0. The number of benzene rings is 4. The van der Waals surface area contributed by atoms with E-state index in [1.54, 1.807) is 0 Å². The number of hydrogen-bond donors (Lipinski definition) is 0. The predicted octanol–water partition coefficient (Wildman–Crippen LogP) is 9.62. The zero-order valence-electron chi connectivity index (χ0n) is 24.5. The van der Waals surface area contributed by atoms with Gasteiger partial charge >= 0.3 is 18.5 Å².